The third-order valence-electron chi connectivity index (χ3n) is 5.05. The van der Waals surface area contributed by atoms with Gasteiger partial charge in [-0.15, -0.1) is 0 Å². The average Bonchev–Trinajstić information content (AvgIpc) is 3.09. The van der Waals surface area contributed by atoms with Crippen molar-refractivity contribution >= 4 is 26.7 Å². The van der Waals surface area contributed by atoms with Gasteiger partial charge >= 0.3 is 0 Å². The Morgan fingerprint density at radius 2 is 1.77 bits per heavy atom. The minimum Gasteiger partial charge on any atom is -0.328 e. The zero-order chi connectivity index (χ0) is 22.0. The molecule has 1 aromatic heterocycles. The molecule has 1 heterocycles. The van der Waals surface area contributed by atoms with E-state index in [-0.39, 0.29) is 0 Å². The van der Waals surface area contributed by atoms with Crippen LogP contribution in [0.4, 0.5) is 14.5 Å². The molecule has 0 unspecified atom stereocenters. The minimum absolute atomic E-state index is 0.310. The van der Waals surface area contributed by atoms with E-state index in [2.05, 4.69) is 16.2 Å². The fraction of sp³-hybridized carbons (Fsp3) is 0.174. The summed E-state index contributed by atoms with van der Waals surface area (Å²) in [5.74, 6) is -1.01. The molecule has 0 saturated carbocycles. The second kappa shape index (κ2) is 8.47. The number of rotatable bonds is 7. The van der Waals surface area contributed by atoms with Gasteiger partial charge in [0.15, 0.2) is 0 Å². The molecule has 1 N–H and O–H groups in total. The molecule has 4 aromatic rings. The molecule has 0 bridgehead atoms. The molecule has 0 aliphatic carbocycles. The van der Waals surface area contributed by atoms with Gasteiger partial charge in [-0.2, -0.15) is 0 Å². The highest BCUT2D eigenvalue weighted by molar-refractivity contribution is 7.92. The molecule has 8 heteroatoms. The molecule has 0 spiro atoms. The van der Waals surface area contributed by atoms with Crippen LogP contribution in [0.25, 0.3) is 11.0 Å². The Kier molecular flexibility index (Phi) is 5.73. The SMILES string of the molecule is CCn1c(CCc2cccc(NS(=O)(=O)c3ccc(F)cc3F)c2)nc2ccccc21. The molecule has 0 amide bonds. The average molecular weight is 442 g/mol. The maximum Gasteiger partial charge on any atom is 0.264 e. The first kappa shape index (κ1) is 21.0. The van der Waals surface area contributed by atoms with Crippen LogP contribution in [0.1, 0.15) is 18.3 Å². The van der Waals surface area contributed by atoms with Crippen LogP contribution in [0, 0.1) is 11.6 Å². The third-order valence-corrected chi connectivity index (χ3v) is 6.46. The van der Waals surface area contributed by atoms with Gasteiger partial charge in [0.05, 0.1) is 11.0 Å². The highest BCUT2D eigenvalue weighted by Gasteiger charge is 2.20. The highest BCUT2D eigenvalue weighted by Crippen LogP contribution is 2.22. The number of hydrogen-bond donors (Lipinski definition) is 1. The standard InChI is InChI=1S/C23H21F2N3O2S/c1-2-28-21-9-4-3-8-20(21)26-23(28)13-10-16-6-5-7-18(14-16)27-31(29,30)22-12-11-17(24)15-19(22)25/h3-9,11-12,14-15,27H,2,10,13H2,1H3. The van der Waals surface area contributed by atoms with Gasteiger partial charge in [0.1, 0.15) is 22.4 Å². The van der Waals surface area contributed by atoms with Gasteiger partial charge in [-0.05, 0) is 55.3 Å². The number of fused-ring (bicyclic) bond motifs is 1. The summed E-state index contributed by atoms with van der Waals surface area (Å²) in [6, 6.07) is 17.3. The number of anilines is 1. The Bertz CT molecular complexity index is 1350. The second-order valence-electron chi connectivity index (χ2n) is 7.14. The topological polar surface area (TPSA) is 64.0 Å². The van der Waals surface area contributed by atoms with E-state index in [0.717, 1.165) is 41.1 Å². The number of nitrogens with zero attached hydrogens (tertiary/aromatic N) is 2. The number of imidazole rings is 1. The Labute approximate surface area is 179 Å². The van der Waals surface area contributed by atoms with Gasteiger partial charge in [0, 0.05) is 24.7 Å². The minimum atomic E-state index is -4.18. The molecule has 0 saturated heterocycles. The van der Waals surface area contributed by atoms with Crippen molar-refractivity contribution in [2.45, 2.75) is 31.2 Å². The molecule has 0 aliphatic rings. The molecule has 4 rings (SSSR count). The van der Waals surface area contributed by atoms with Crippen molar-refractivity contribution in [3.8, 4) is 0 Å². The number of para-hydroxylation sites is 2. The molecule has 0 aliphatic heterocycles. The molecule has 31 heavy (non-hydrogen) atoms. The number of aryl methyl sites for hydroxylation is 3. The van der Waals surface area contributed by atoms with Crippen molar-refractivity contribution in [2.75, 3.05) is 4.72 Å². The first-order chi connectivity index (χ1) is 14.9. The summed E-state index contributed by atoms with van der Waals surface area (Å²) < 4.78 is 56.6. The second-order valence-corrected chi connectivity index (χ2v) is 8.79. The highest BCUT2D eigenvalue weighted by atomic mass is 32.2. The van der Waals surface area contributed by atoms with Crippen LogP contribution in [-0.4, -0.2) is 18.0 Å². The number of halogens is 2. The first-order valence-electron chi connectivity index (χ1n) is 9.88. The van der Waals surface area contributed by atoms with Crippen molar-refractivity contribution in [1.29, 1.82) is 0 Å². The summed E-state index contributed by atoms with van der Waals surface area (Å²) in [6.07, 6.45) is 1.34. The summed E-state index contributed by atoms with van der Waals surface area (Å²) in [4.78, 5) is 4.12. The molecule has 0 fully saturated rings. The van der Waals surface area contributed by atoms with Crippen LogP contribution in [0.5, 0.6) is 0 Å². The molecule has 0 atom stereocenters. The van der Waals surface area contributed by atoms with E-state index in [1.165, 1.54) is 0 Å². The molecule has 5 nitrogen and oxygen atoms in total. The molecular weight excluding hydrogens is 420 g/mol. The van der Waals surface area contributed by atoms with Crippen LogP contribution in [-0.2, 0) is 29.4 Å². The number of nitrogens with one attached hydrogen (secondary N) is 1. The molecule has 160 valence electrons. The fourth-order valence-electron chi connectivity index (χ4n) is 3.62. The zero-order valence-electron chi connectivity index (χ0n) is 16.8. The Morgan fingerprint density at radius 3 is 2.55 bits per heavy atom. The van der Waals surface area contributed by atoms with Crippen molar-refractivity contribution in [1.82, 2.24) is 9.55 Å². The molecule has 3 aromatic carbocycles. The van der Waals surface area contributed by atoms with E-state index in [0.29, 0.717) is 24.6 Å². The van der Waals surface area contributed by atoms with Crippen molar-refractivity contribution in [3.63, 3.8) is 0 Å². The normalized spacial score (nSPS) is 11.7. The van der Waals surface area contributed by atoms with Gasteiger partial charge in [-0.25, -0.2) is 22.2 Å². The lowest BCUT2D eigenvalue weighted by atomic mass is 10.1. The van der Waals surface area contributed by atoms with E-state index in [1.54, 1.807) is 18.2 Å². The van der Waals surface area contributed by atoms with Gasteiger partial charge in [0.2, 0.25) is 0 Å². The quantitative estimate of drug-likeness (QED) is 0.443. The van der Waals surface area contributed by atoms with Crippen LogP contribution >= 0.6 is 0 Å². The van der Waals surface area contributed by atoms with Crippen LogP contribution in [0.2, 0.25) is 0 Å². The summed E-state index contributed by atoms with van der Waals surface area (Å²) in [5.41, 5.74) is 3.25. The van der Waals surface area contributed by atoms with E-state index in [9.17, 15) is 17.2 Å². The Balaban J connectivity index is 1.53. The van der Waals surface area contributed by atoms with Gasteiger partial charge in [0.25, 0.3) is 10.0 Å². The maximum atomic E-state index is 13.9. The Morgan fingerprint density at radius 1 is 0.968 bits per heavy atom. The van der Waals surface area contributed by atoms with Gasteiger partial charge in [-0.1, -0.05) is 24.3 Å². The summed E-state index contributed by atoms with van der Waals surface area (Å²) in [5, 5.41) is 0. The number of sulfonamides is 1. The van der Waals surface area contributed by atoms with Gasteiger partial charge < -0.3 is 4.57 Å². The monoisotopic (exact) mass is 441 g/mol. The van der Waals surface area contributed by atoms with Gasteiger partial charge in [-0.3, -0.25) is 4.72 Å². The lowest BCUT2D eigenvalue weighted by molar-refractivity contribution is 0.551. The predicted molar refractivity (Wildman–Crippen MR) is 116 cm³/mol. The summed E-state index contributed by atoms with van der Waals surface area (Å²) in [7, 11) is -4.18. The summed E-state index contributed by atoms with van der Waals surface area (Å²) >= 11 is 0. The van der Waals surface area contributed by atoms with Crippen molar-refractivity contribution < 1.29 is 17.2 Å². The van der Waals surface area contributed by atoms with Crippen molar-refractivity contribution in [3.05, 3.63) is 89.8 Å². The molecule has 0 radical (unpaired) electrons. The van der Waals surface area contributed by atoms with Crippen LogP contribution in [0.3, 0.4) is 0 Å². The summed E-state index contributed by atoms with van der Waals surface area (Å²) in [6.45, 7) is 2.88. The zero-order valence-corrected chi connectivity index (χ0v) is 17.7. The lowest BCUT2D eigenvalue weighted by Crippen LogP contribution is -2.15. The smallest absolute Gasteiger partial charge is 0.264 e. The maximum absolute atomic E-state index is 13.9. The third kappa shape index (κ3) is 4.44. The molecular formula is C23H21F2N3O2S. The number of aromatic nitrogens is 2. The number of benzene rings is 3. The largest absolute Gasteiger partial charge is 0.328 e. The predicted octanol–water partition coefficient (Wildman–Crippen LogP) is 4.92. The van der Waals surface area contributed by atoms with Crippen LogP contribution in [0.15, 0.2) is 71.6 Å². The number of hydrogen-bond acceptors (Lipinski definition) is 3. The van der Waals surface area contributed by atoms with Crippen LogP contribution < -0.4 is 4.72 Å². The Hall–Kier alpha value is -3.26. The lowest BCUT2D eigenvalue weighted by Gasteiger charge is -2.11. The first-order valence-corrected chi connectivity index (χ1v) is 11.4. The van der Waals surface area contributed by atoms with E-state index < -0.39 is 26.6 Å². The van der Waals surface area contributed by atoms with E-state index >= 15 is 0 Å². The fourth-order valence-corrected chi connectivity index (χ4v) is 4.73. The van der Waals surface area contributed by atoms with E-state index in [4.69, 9.17) is 4.98 Å². The van der Waals surface area contributed by atoms with E-state index in [1.807, 2.05) is 30.3 Å². The van der Waals surface area contributed by atoms with Crippen molar-refractivity contribution in [2.24, 2.45) is 0 Å².